The van der Waals surface area contributed by atoms with E-state index >= 15 is 0 Å². The fraction of sp³-hybridized carbons (Fsp3) is 0.667. The Morgan fingerprint density at radius 3 is 2.76 bits per heavy atom. The number of fused-ring (bicyclic) bond motifs is 1. The number of thiophene rings is 1. The minimum absolute atomic E-state index is 0.0307. The van der Waals surface area contributed by atoms with E-state index in [-0.39, 0.29) is 24.3 Å². The highest BCUT2D eigenvalue weighted by atomic mass is 32.1. The molecule has 2 atom stereocenters. The molecule has 9 nitrogen and oxygen atoms in total. The van der Waals surface area contributed by atoms with Crippen LogP contribution in [-0.2, 0) is 27.2 Å². The minimum atomic E-state index is -0.898. The third kappa shape index (κ3) is 4.70. The average Bonchev–Trinajstić information content (AvgIpc) is 3.29. The van der Waals surface area contributed by atoms with E-state index in [1.165, 1.54) is 11.3 Å². The van der Waals surface area contributed by atoms with Crippen molar-refractivity contribution in [2.24, 2.45) is 5.92 Å². The Bertz CT molecular complexity index is 977. The number of aryl methyl sites for hydroxylation is 1. The van der Waals surface area contributed by atoms with Crippen LogP contribution < -0.4 is 16.0 Å². The Hall–Kier alpha value is -2.46. The van der Waals surface area contributed by atoms with Gasteiger partial charge in [0.05, 0.1) is 5.56 Å². The van der Waals surface area contributed by atoms with Gasteiger partial charge in [-0.15, -0.1) is 11.3 Å². The Balaban J connectivity index is 1.47. The minimum Gasteiger partial charge on any atom is -0.385 e. The first-order valence-electron chi connectivity index (χ1n) is 12.2. The van der Waals surface area contributed by atoms with Gasteiger partial charge in [0.1, 0.15) is 17.1 Å². The lowest BCUT2D eigenvalue weighted by molar-refractivity contribution is -0.136. The highest BCUT2D eigenvalue weighted by Crippen LogP contribution is 2.39. The van der Waals surface area contributed by atoms with E-state index in [1.807, 2.05) is 6.92 Å². The molecule has 0 bridgehead atoms. The summed E-state index contributed by atoms with van der Waals surface area (Å²) in [6.07, 6.45) is 7.82. The van der Waals surface area contributed by atoms with E-state index in [4.69, 9.17) is 4.74 Å². The van der Waals surface area contributed by atoms with Gasteiger partial charge in [-0.05, 0) is 56.4 Å². The summed E-state index contributed by atoms with van der Waals surface area (Å²) in [6, 6.07) is -0.518. The molecule has 1 spiro atoms. The zero-order chi connectivity index (χ0) is 24.3. The predicted octanol–water partition coefficient (Wildman–Crippen LogP) is 2.83. The van der Waals surface area contributed by atoms with Crippen molar-refractivity contribution >= 4 is 40.1 Å². The molecule has 3 aliphatic rings. The van der Waals surface area contributed by atoms with E-state index in [1.54, 1.807) is 7.11 Å². The summed E-state index contributed by atoms with van der Waals surface area (Å²) in [6.45, 7) is 2.65. The molecular formula is C24H34N4O5S. The smallest absolute Gasteiger partial charge is 0.325 e. The molecule has 34 heavy (non-hydrogen) atoms. The molecule has 0 radical (unpaired) electrons. The van der Waals surface area contributed by atoms with Gasteiger partial charge in [0.25, 0.3) is 11.8 Å². The Kier molecular flexibility index (Phi) is 7.57. The van der Waals surface area contributed by atoms with Crippen LogP contribution in [-0.4, -0.2) is 61.0 Å². The highest BCUT2D eigenvalue weighted by molar-refractivity contribution is 7.17. The van der Waals surface area contributed by atoms with Gasteiger partial charge in [-0.25, -0.2) is 4.79 Å². The summed E-state index contributed by atoms with van der Waals surface area (Å²) >= 11 is 1.42. The van der Waals surface area contributed by atoms with Gasteiger partial charge >= 0.3 is 6.03 Å². The summed E-state index contributed by atoms with van der Waals surface area (Å²) in [5, 5.41) is 9.13. The molecule has 3 N–H and O–H groups in total. The summed E-state index contributed by atoms with van der Waals surface area (Å²) in [7, 11) is 1.62. The molecule has 1 aromatic rings. The quantitative estimate of drug-likeness (QED) is 0.383. The molecule has 1 aromatic heterocycles. The van der Waals surface area contributed by atoms with Crippen molar-refractivity contribution in [1.82, 2.24) is 15.5 Å². The van der Waals surface area contributed by atoms with Crippen LogP contribution in [0.15, 0.2) is 0 Å². The molecule has 5 amide bonds. The number of carbonyl (C=O) groups is 4. The van der Waals surface area contributed by atoms with E-state index in [2.05, 4.69) is 16.0 Å². The number of carbonyl (C=O) groups excluding carboxylic acids is 4. The number of ether oxygens (including phenoxy) is 1. The molecule has 1 saturated carbocycles. The Morgan fingerprint density at radius 1 is 1.21 bits per heavy atom. The number of imide groups is 1. The van der Waals surface area contributed by atoms with E-state index in [0.29, 0.717) is 36.6 Å². The number of hydrogen-bond donors (Lipinski definition) is 3. The molecular weight excluding hydrogens is 456 g/mol. The van der Waals surface area contributed by atoms with Crippen molar-refractivity contribution < 1.29 is 23.9 Å². The number of nitrogens with one attached hydrogen (secondary N) is 3. The zero-order valence-electron chi connectivity index (χ0n) is 20.0. The number of methoxy groups -OCH3 is 1. The second kappa shape index (κ2) is 10.4. The number of rotatable bonds is 8. The van der Waals surface area contributed by atoms with Gasteiger partial charge in [0, 0.05) is 25.1 Å². The first-order chi connectivity index (χ1) is 16.4. The van der Waals surface area contributed by atoms with Crippen LogP contribution in [0.5, 0.6) is 0 Å². The monoisotopic (exact) mass is 490 g/mol. The van der Waals surface area contributed by atoms with E-state index in [9.17, 15) is 19.2 Å². The Labute approximate surface area is 204 Å². The molecule has 1 saturated heterocycles. The molecule has 4 rings (SSSR count). The van der Waals surface area contributed by atoms with Gasteiger partial charge in [-0.2, -0.15) is 0 Å². The SMILES string of the molecule is COCCCNC(=O)c1c(NC(=O)CN2C(=O)NC3(CCCCC3C)C2=O)sc2c1CCCC2. The number of nitrogens with zero attached hydrogens (tertiary/aromatic N) is 1. The lowest BCUT2D eigenvalue weighted by atomic mass is 9.73. The normalized spacial score (nSPS) is 24.2. The van der Waals surface area contributed by atoms with Crippen LogP contribution in [0.2, 0.25) is 0 Å². The number of urea groups is 1. The van der Waals surface area contributed by atoms with Crippen LogP contribution in [0.1, 0.15) is 72.7 Å². The third-order valence-electron chi connectivity index (χ3n) is 7.27. The summed E-state index contributed by atoms with van der Waals surface area (Å²) in [5.41, 5.74) is 0.617. The number of amides is 5. The van der Waals surface area contributed by atoms with Crippen molar-refractivity contribution in [3.63, 3.8) is 0 Å². The van der Waals surface area contributed by atoms with Gasteiger partial charge in [-0.3, -0.25) is 19.3 Å². The largest absolute Gasteiger partial charge is 0.385 e. The molecule has 0 aromatic carbocycles. The molecule has 2 aliphatic carbocycles. The highest BCUT2D eigenvalue weighted by Gasteiger charge is 2.55. The standard InChI is InChI=1S/C24H34N4O5S/c1-15-8-5-6-11-24(15)22(31)28(23(32)27-24)14-18(29)26-21-19(20(30)25-12-7-13-33-2)16-9-3-4-10-17(16)34-21/h15H,3-14H2,1-2H3,(H,25,30)(H,26,29)(H,27,32). The van der Waals surface area contributed by atoms with Crippen molar-refractivity contribution in [1.29, 1.82) is 0 Å². The lowest BCUT2D eigenvalue weighted by Gasteiger charge is -2.36. The molecule has 2 unspecified atom stereocenters. The van der Waals surface area contributed by atoms with E-state index < -0.39 is 17.5 Å². The summed E-state index contributed by atoms with van der Waals surface area (Å²) < 4.78 is 5.04. The van der Waals surface area contributed by atoms with Crippen LogP contribution >= 0.6 is 11.3 Å². The van der Waals surface area contributed by atoms with Gasteiger partial charge in [0.15, 0.2) is 0 Å². The van der Waals surface area contributed by atoms with Crippen molar-refractivity contribution in [2.75, 3.05) is 32.1 Å². The lowest BCUT2D eigenvalue weighted by Crippen LogP contribution is -2.54. The van der Waals surface area contributed by atoms with Crippen LogP contribution in [0.3, 0.4) is 0 Å². The summed E-state index contributed by atoms with van der Waals surface area (Å²) in [5.74, 6) is -0.976. The molecule has 10 heteroatoms. The number of hydrogen-bond acceptors (Lipinski definition) is 6. The van der Waals surface area contributed by atoms with Crippen LogP contribution in [0, 0.1) is 5.92 Å². The predicted molar refractivity (Wildman–Crippen MR) is 129 cm³/mol. The maximum atomic E-state index is 13.2. The van der Waals surface area contributed by atoms with Crippen LogP contribution in [0.4, 0.5) is 9.80 Å². The second-order valence-corrected chi connectivity index (χ2v) is 10.6. The maximum Gasteiger partial charge on any atom is 0.325 e. The van der Waals surface area contributed by atoms with Gasteiger partial charge in [-0.1, -0.05) is 19.8 Å². The first-order valence-corrected chi connectivity index (χ1v) is 13.0. The van der Waals surface area contributed by atoms with Gasteiger partial charge in [0.2, 0.25) is 5.91 Å². The molecule has 2 fully saturated rings. The Morgan fingerprint density at radius 2 is 2.00 bits per heavy atom. The molecule has 1 aliphatic heterocycles. The van der Waals surface area contributed by atoms with Crippen molar-refractivity contribution in [3.8, 4) is 0 Å². The zero-order valence-corrected chi connectivity index (χ0v) is 20.8. The maximum absolute atomic E-state index is 13.2. The number of anilines is 1. The van der Waals surface area contributed by atoms with Gasteiger partial charge < -0.3 is 20.7 Å². The fourth-order valence-corrected chi connectivity index (χ4v) is 6.65. The van der Waals surface area contributed by atoms with Crippen molar-refractivity contribution in [2.45, 2.75) is 70.3 Å². The molecule has 2 heterocycles. The fourth-order valence-electron chi connectivity index (χ4n) is 5.35. The first kappa shape index (κ1) is 24.7. The third-order valence-corrected chi connectivity index (χ3v) is 8.47. The second-order valence-electron chi connectivity index (χ2n) is 9.51. The van der Waals surface area contributed by atoms with E-state index in [0.717, 1.165) is 60.3 Å². The van der Waals surface area contributed by atoms with Crippen molar-refractivity contribution in [3.05, 3.63) is 16.0 Å². The summed E-state index contributed by atoms with van der Waals surface area (Å²) in [4.78, 5) is 53.9. The molecule has 186 valence electrons. The van der Waals surface area contributed by atoms with Crippen LogP contribution in [0.25, 0.3) is 0 Å². The average molecular weight is 491 g/mol. The topological polar surface area (TPSA) is 117 Å².